The summed E-state index contributed by atoms with van der Waals surface area (Å²) in [6, 6.07) is 63.6. The number of ether oxygens (including phenoxy) is 8. The number of carbonyl (C=O) groups is 2. The quantitative estimate of drug-likeness (QED) is 0.0165. The Morgan fingerprint density at radius 3 is 1.09 bits per heavy atom. The number of aliphatic hydroxyl groups excluding tert-OH is 1. The molecule has 121 heavy (non-hydrogen) atoms. The second-order valence-electron chi connectivity index (χ2n) is 25.0. The van der Waals surface area contributed by atoms with Crippen LogP contribution in [0.5, 0.6) is 57.5 Å². The number of hydrogen-bond acceptors (Lipinski definition) is 24. The molecule has 4 atom stereocenters. The first-order valence-corrected chi connectivity index (χ1v) is 41.9. The number of aliphatic hydroxyl groups is 1. The summed E-state index contributed by atoms with van der Waals surface area (Å²) < 4.78 is 130. The van der Waals surface area contributed by atoms with Crippen LogP contribution in [0.1, 0.15) is 62.6 Å². The van der Waals surface area contributed by atoms with Crippen molar-refractivity contribution in [2.45, 2.75) is 58.3 Å². The summed E-state index contributed by atoms with van der Waals surface area (Å²) >= 11 is 0. The number of carbonyl (C=O) groups excluding carboxylic acids is 2. The molecule has 0 fully saturated rings. The van der Waals surface area contributed by atoms with Gasteiger partial charge in [-0.1, -0.05) is 182 Å². The first-order valence-electron chi connectivity index (χ1n) is 35.8. The van der Waals surface area contributed by atoms with E-state index in [4.69, 9.17) is 75.6 Å². The minimum Gasteiger partial charge on any atom is -0.857 e. The van der Waals surface area contributed by atoms with Gasteiger partial charge < -0.3 is 87.4 Å². The Hall–Kier alpha value is -6.94. The van der Waals surface area contributed by atoms with Gasteiger partial charge in [-0.2, -0.15) is 7.11 Å². The molecule has 0 aromatic heterocycles. The molecule has 2 aliphatic heterocycles. The van der Waals surface area contributed by atoms with Gasteiger partial charge in [0.15, 0.2) is 23.0 Å². The normalized spacial score (nSPS) is 13.0. The van der Waals surface area contributed by atoms with E-state index in [2.05, 4.69) is 20.2 Å². The van der Waals surface area contributed by atoms with Crippen molar-refractivity contribution in [2.75, 3.05) is 66.4 Å². The fraction of sp³-hybridized carbons (Fsp3) is 0.205. The zero-order valence-electron chi connectivity index (χ0n) is 68.3. The van der Waals surface area contributed by atoms with E-state index in [1.54, 1.807) is 92.9 Å². The second kappa shape index (κ2) is 52.7. The molecule has 0 saturated carbocycles. The van der Waals surface area contributed by atoms with Gasteiger partial charge >= 0.3 is 142 Å². The van der Waals surface area contributed by atoms with E-state index in [1.807, 2.05) is 157 Å². The van der Waals surface area contributed by atoms with Gasteiger partial charge in [-0.25, -0.2) is 19.3 Å². The molecule has 0 bridgehead atoms. The first kappa shape index (κ1) is 105. The van der Waals surface area contributed by atoms with Gasteiger partial charge in [0.1, 0.15) is 29.0 Å². The maximum atomic E-state index is 14.9. The molecule has 0 saturated heterocycles. The predicted octanol–water partition coefficient (Wildman–Crippen LogP) is 1.24. The summed E-state index contributed by atoms with van der Waals surface area (Å²) in [6.07, 6.45) is 7.05. The van der Waals surface area contributed by atoms with Crippen LogP contribution >= 0.6 is 31.1 Å². The average Bonchev–Trinajstić information content (AvgIpc) is 1.72. The number of nitrogens with one attached hydrogen (secondary N) is 4. The maximum absolute atomic E-state index is 14.9. The molecule has 0 radical (unpaired) electrons. The topological polar surface area (TPSA) is 410 Å². The maximum Gasteiger partial charge on any atom is 1.00 e. The second-order valence-corrected chi connectivity index (χ2v) is 30.8. The molecule has 10 aromatic carbocycles. The Balaban J connectivity index is 0.000000438. The van der Waals surface area contributed by atoms with Crippen LogP contribution in [-0.2, 0) is 85.2 Å². The number of rotatable bonds is 36. The van der Waals surface area contributed by atoms with Crippen molar-refractivity contribution >= 4 is 78.6 Å². The molecule has 0 aliphatic carbocycles. The van der Waals surface area contributed by atoms with Crippen LogP contribution in [0.4, 0.5) is 11.4 Å². The van der Waals surface area contributed by atoms with Gasteiger partial charge in [-0.3, -0.25) is 36.8 Å². The van der Waals surface area contributed by atoms with Crippen LogP contribution in [0.3, 0.4) is 0 Å². The van der Waals surface area contributed by atoms with Crippen molar-refractivity contribution in [3.05, 3.63) is 286 Å². The van der Waals surface area contributed by atoms with E-state index in [9.17, 15) is 42.5 Å². The van der Waals surface area contributed by atoms with Crippen molar-refractivity contribution in [2.24, 2.45) is 0 Å². The number of anilines is 2. The average molecular weight is 1770 g/mol. The molecule has 2 amide bonds. The Morgan fingerprint density at radius 1 is 0.421 bits per heavy atom. The van der Waals surface area contributed by atoms with Crippen molar-refractivity contribution in [1.29, 1.82) is 0 Å². The minimum atomic E-state index is -5.11. The third kappa shape index (κ3) is 34.5. The molecule has 10 aromatic rings. The molecule has 2 unspecified atom stereocenters. The van der Waals surface area contributed by atoms with E-state index in [0.717, 1.165) is 46.1 Å². The first-order chi connectivity index (χ1) is 56.4. The Labute approximate surface area is 790 Å². The van der Waals surface area contributed by atoms with E-state index >= 15 is 0 Å². The van der Waals surface area contributed by atoms with E-state index in [-0.39, 0.29) is 201 Å². The fourth-order valence-electron chi connectivity index (χ4n) is 11.2. The number of benzene rings is 10. The van der Waals surface area contributed by atoms with E-state index in [0.29, 0.717) is 62.6 Å². The van der Waals surface area contributed by atoms with Crippen LogP contribution < -0.4 is 201 Å². The third-order valence-electron chi connectivity index (χ3n) is 16.6. The van der Waals surface area contributed by atoms with E-state index in [1.165, 1.54) is 45.6 Å². The summed E-state index contributed by atoms with van der Waals surface area (Å²) in [6.45, 7) is 1.93. The van der Waals surface area contributed by atoms with Crippen molar-refractivity contribution in [3.8, 4) is 57.5 Å². The molecule has 12 rings (SSSR count). The number of methoxy groups -OCH3 is 4. The smallest absolute Gasteiger partial charge is 0.857 e. The zero-order chi connectivity index (χ0) is 83.8. The Bertz CT molecular complexity index is 5060. The third-order valence-corrected chi connectivity index (χ3v) is 20.6. The Kier molecular flexibility index (Phi) is 45.6. The summed E-state index contributed by atoms with van der Waals surface area (Å²) in [5.74, 6) is 2.48. The van der Waals surface area contributed by atoms with E-state index < -0.39 is 55.0 Å². The van der Waals surface area contributed by atoms with Gasteiger partial charge in [-0.15, -0.1) is 0 Å². The molecule has 7 N–H and O–H groups in total. The molecule has 2 heterocycles. The summed E-state index contributed by atoms with van der Waals surface area (Å²) in [5, 5.41) is 26.3. The number of phosphoric ester groups is 2. The Morgan fingerprint density at radius 2 is 0.752 bits per heavy atom. The number of phosphoric acid groups is 2. The zero-order valence-corrected chi connectivity index (χ0v) is 79.9. The molecule has 30 nitrogen and oxygen atoms in total. The van der Waals surface area contributed by atoms with Gasteiger partial charge in [0.05, 0.1) is 72.3 Å². The standard InChI is InChI=1S/C54H52N2O12P2.C26H28N2O12P2.C2H6O.CH3O.4Na/c1-60-50-30-27-40(23-24-46-33-51(61-2)53-52(34-46)62-39-63-53)31-48(50)55-54(57)49(56-69(58,64-35-42-15-7-3-8-16-42)65-36-43-17-9-4-10-18-43)32-41-25-28-47(29-26-41)68-70(59,66-37-44-19-11-5-12-20-44)67-38-45-21-13-6-14-22-45;1-36-22-10-7-16(3-4-18-13-23(37-2)25-24(14-18)38-15-39-25)11-20(22)27-26(29)21(28-41(30,31)32)12-17-5-8-19(9-6-17)40-42(33,34)35;1-2-3;1-2;;;;/h3-31,33-34,49H,32,35-39H2,1-2H3,(H,55,57)(H,56,58);3-11,13-14,21H,12,15H2,1-2H3,(H,27,29)(H2,33,34,35)(H3,28,30,31,32);3H,2H2,1H3;1H3;;;;/q;;;-1;4*+1/p-2/b24-23-;4-3-;;;;;;/t49-;21-;;;;;;/m00....../s1. The number of hydrogen-bond donors (Lipinski definition) is 7. The molecular formula is C83H87N4Na4O26P4+. The number of fused-ring (bicyclic) bond motifs is 2. The minimum absolute atomic E-state index is 0. The van der Waals surface area contributed by atoms with Crippen molar-refractivity contribution in [3.63, 3.8) is 0 Å². The largest absolute Gasteiger partial charge is 1.00 e. The van der Waals surface area contributed by atoms with Crippen LogP contribution in [0.15, 0.2) is 231 Å². The van der Waals surface area contributed by atoms with Gasteiger partial charge in [-0.05, 0) is 148 Å². The fourth-order valence-corrected chi connectivity index (χ4v) is 14.8. The number of amides is 2. The van der Waals surface area contributed by atoms with Gasteiger partial charge in [0, 0.05) is 6.61 Å². The molecule has 38 heteroatoms. The van der Waals surface area contributed by atoms with Gasteiger partial charge in [0.25, 0.3) is 0 Å². The molecular weight excluding hydrogens is 1680 g/mol. The van der Waals surface area contributed by atoms with Crippen molar-refractivity contribution in [1.82, 2.24) is 10.2 Å². The molecule has 0 spiro atoms. The van der Waals surface area contributed by atoms with Crippen LogP contribution in [0.2, 0.25) is 0 Å². The van der Waals surface area contributed by atoms with Gasteiger partial charge in [0.2, 0.25) is 44.6 Å². The van der Waals surface area contributed by atoms with Crippen LogP contribution in [0.25, 0.3) is 24.3 Å². The van der Waals surface area contributed by atoms with Crippen molar-refractivity contribution < 1.29 is 241 Å². The summed E-state index contributed by atoms with van der Waals surface area (Å²) in [5.41, 5.74) is 7.55. The summed E-state index contributed by atoms with van der Waals surface area (Å²) in [4.78, 5) is 68.7. The van der Waals surface area contributed by atoms with Crippen LogP contribution in [-0.4, -0.2) is 94.5 Å². The SMILES string of the molecule is CCO.COc1ccc(/C=C\c2cc(OC)c3c(c2)OCO3)cc1NC(=O)[C@H](Cc1ccc(OP(=O)(OCc2ccccc2)OCc2ccccc2)cc1)NP(=O)(OCc1ccccc1)OCc1ccccc1.COc1ccc(/C=C\c2cc(OC)c3c(c2)OCO3)cc1NC(=O)[C@H](Cc1ccc(OP(=O)([O-])O)cc1)NP(=O)([O-])O.C[O-].[Na+].[Na+].[Na+].[Na+]. The molecule has 2 aliphatic rings. The van der Waals surface area contributed by atoms with Crippen LogP contribution in [0, 0.1) is 0 Å². The summed E-state index contributed by atoms with van der Waals surface area (Å²) in [7, 11) is -11.9. The monoisotopic (exact) mass is 1770 g/mol. The molecule has 618 valence electrons. The predicted molar refractivity (Wildman–Crippen MR) is 433 cm³/mol.